The summed E-state index contributed by atoms with van der Waals surface area (Å²) in [4.78, 5) is 11.3. The molecule has 2 rings (SSSR count). The summed E-state index contributed by atoms with van der Waals surface area (Å²) in [7, 11) is 0. The third-order valence-corrected chi connectivity index (χ3v) is 2.92. The summed E-state index contributed by atoms with van der Waals surface area (Å²) in [5.74, 6) is 7.56. The lowest BCUT2D eigenvalue weighted by Gasteiger charge is -2.17. The Hall–Kier alpha value is -1.36. The van der Waals surface area contributed by atoms with Crippen LogP contribution in [0.15, 0.2) is 6.07 Å². The van der Waals surface area contributed by atoms with Gasteiger partial charge in [-0.1, -0.05) is 13.8 Å². The predicted octanol–water partition coefficient (Wildman–Crippen LogP) is 1.56. The highest BCUT2D eigenvalue weighted by Gasteiger charge is 2.16. The largest absolute Gasteiger partial charge is 0.341 e. The topological polar surface area (TPSA) is 67.1 Å². The van der Waals surface area contributed by atoms with E-state index in [4.69, 9.17) is 5.84 Å². The number of hydrazine groups is 1. The van der Waals surface area contributed by atoms with Crippen molar-refractivity contribution < 1.29 is 0 Å². The Kier molecular flexibility index (Phi) is 3.78. The van der Waals surface area contributed by atoms with Gasteiger partial charge in [0, 0.05) is 24.8 Å². The summed E-state index contributed by atoms with van der Waals surface area (Å²) >= 11 is 0. The van der Waals surface area contributed by atoms with Crippen molar-refractivity contribution >= 4 is 11.8 Å². The third kappa shape index (κ3) is 3.06. The van der Waals surface area contributed by atoms with E-state index in [1.807, 2.05) is 6.07 Å². The fourth-order valence-corrected chi connectivity index (χ4v) is 2.14. The summed E-state index contributed by atoms with van der Waals surface area (Å²) in [5, 5.41) is 0. The van der Waals surface area contributed by atoms with Gasteiger partial charge in [-0.25, -0.2) is 10.8 Å². The van der Waals surface area contributed by atoms with Crippen molar-refractivity contribution in [3.63, 3.8) is 0 Å². The number of nitrogen functional groups attached to an aromatic ring is 1. The van der Waals surface area contributed by atoms with E-state index in [0.717, 1.165) is 31.2 Å². The zero-order chi connectivity index (χ0) is 12.3. The van der Waals surface area contributed by atoms with Gasteiger partial charge in [0.15, 0.2) is 0 Å². The molecule has 1 aromatic heterocycles. The molecule has 17 heavy (non-hydrogen) atoms. The van der Waals surface area contributed by atoms with Crippen molar-refractivity contribution in [1.82, 2.24) is 9.97 Å². The van der Waals surface area contributed by atoms with Crippen LogP contribution in [0.5, 0.6) is 0 Å². The van der Waals surface area contributed by atoms with Crippen molar-refractivity contribution in [1.29, 1.82) is 0 Å². The molecule has 1 aliphatic rings. The van der Waals surface area contributed by atoms with Crippen LogP contribution in [0.25, 0.3) is 0 Å². The third-order valence-electron chi connectivity index (χ3n) is 2.92. The minimum atomic E-state index is 0.585. The van der Waals surface area contributed by atoms with Gasteiger partial charge < -0.3 is 10.3 Å². The van der Waals surface area contributed by atoms with Crippen LogP contribution in [0.3, 0.4) is 0 Å². The van der Waals surface area contributed by atoms with Crippen LogP contribution in [0, 0.1) is 5.92 Å². The number of hydrogen-bond acceptors (Lipinski definition) is 5. The Bertz CT molecular complexity index is 371. The highest BCUT2D eigenvalue weighted by Crippen LogP contribution is 2.19. The van der Waals surface area contributed by atoms with E-state index in [2.05, 4.69) is 34.1 Å². The second-order valence-corrected chi connectivity index (χ2v) is 4.98. The molecule has 0 spiro atoms. The lowest BCUT2D eigenvalue weighted by molar-refractivity contribution is 0.633. The van der Waals surface area contributed by atoms with E-state index in [0.29, 0.717) is 11.7 Å². The van der Waals surface area contributed by atoms with E-state index in [1.165, 1.54) is 12.8 Å². The van der Waals surface area contributed by atoms with Crippen molar-refractivity contribution in [2.24, 2.45) is 11.8 Å². The van der Waals surface area contributed by atoms with Crippen molar-refractivity contribution in [2.45, 2.75) is 33.1 Å². The van der Waals surface area contributed by atoms with Gasteiger partial charge in [0.25, 0.3) is 0 Å². The van der Waals surface area contributed by atoms with Crippen LogP contribution < -0.4 is 16.2 Å². The average molecular weight is 235 g/mol. The molecule has 5 heteroatoms. The van der Waals surface area contributed by atoms with Crippen LogP contribution >= 0.6 is 0 Å². The molecule has 0 atom stereocenters. The van der Waals surface area contributed by atoms with Crippen molar-refractivity contribution in [3.8, 4) is 0 Å². The highest BCUT2D eigenvalue weighted by molar-refractivity contribution is 5.43. The van der Waals surface area contributed by atoms with Gasteiger partial charge in [0.05, 0.1) is 0 Å². The lowest BCUT2D eigenvalue weighted by Crippen LogP contribution is -2.22. The maximum Gasteiger partial charge on any atom is 0.227 e. The van der Waals surface area contributed by atoms with Gasteiger partial charge in [-0.05, 0) is 25.2 Å². The molecule has 1 aliphatic heterocycles. The number of rotatable bonds is 4. The van der Waals surface area contributed by atoms with E-state index >= 15 is 0 Å². The monoisotopic (exact) mass is 235 g/mol. The smallest absolute Gasteiger partial charge is 0.227 e. The summed E-state index contributed by atoms with van der Waals surface area (Å²) in [6, 6.07) is 1.93. The van der Waals surface area contributed by atoms with Gasteiger partial charge in [-0.2, -0.15) is 4.98 Å². The van der Waals surface area contributed by atoms with Crippen LogP contribution in [0.1, 0.15) is 32.4 Å². The number of nitrogens with zero attached hydrogens (tertiary/aromatic N) is 3. The molecule has 0 bridgehead atoms. The van der Waals surface area contributed by atoms with E-state index in [9.17, 15) is 0 Å². The number of anilines is 2. The standard InChI is InChI=1S/C12H21N5/c1-9(2)7-10-8-11(16-13)15-12(14-10)17-5-3-4-6-17/h8-9H,3-7,13H2,1-2H3,(H,14,15,16). The van der Waals surface area contributed by atoms with Gasteiger partial charge in [-0.3, -0.25) is 0 Å². The van der Waals surface area contributed by atoms with E-state index in [1.54, 1.807) is 0 Å². The van der Waals surface area contributed by atoms with Crippen LogP contribution in [-0.4, -0.2) is 23.1 Å². The maximum absolute atomic E-state index is 5.46. The quantitative estimate of drug-likeness (QED) is 0.612. The minimum Gasteiger partial charge on any atom is -0.341 e. The first-order chi connectivity index (χ1) is 8.19. The molecule has 3 N–H and O–H groups in total. The molecule has 1 saturated heterocycles. The fraction of sp³-hybridized carbons (Fsp3) is 0.667. The van der Waals surface area contributed by atoms with Gasteiger partial charge in [-0.15, -0.1) is 0 Å². The van der Waals surface area contributed by atoms with Crippen LogP contribution in [0.4, 0.5) is 11.8 Å². The fourth-order valence-electron chi connectivity index (χ4n) is 2.14. The zero-order valence-corrected chi connectivity index (χ0v) is 10.6. The van der Waals surface area contributed by atoms with E-state index < -0.39 is 0 Å². The van der Waals surface area contributed by atoms with Crippen molar-refractivity contribution in [2.75, 3.05) is 23.4 Å². The molecular formula is C12H21N5. The molecule has 0 saturated carbocycles. The Morgan fingerprint density at radius 1 is 1.35 bits per heavy atom. The Balaban J connectivity index is 2.24. The lowest BCUT2D eigenvalue weighted by atomic mass is 10.1. The van der Waals surface area contributed by atoms with Gasteiger partial charge in [0.2, 0.25) is 5.95 Å². The molecule has 2 heterocycles. The molecule has 94 valence electrons. The molecule has 5 nitrogen and oxygen atoms in total. The Morgan fingerprint density at radius 3 is 2.65 bits per heavy atom. The molecule has 1 aromatic rings. The number of nitrogens with two attached hydrogens (primary N) is 1. The van der Waals surface area contributed by atoms with Crippen LogP contribution in [0.2, 0.25) is 0 Å². The first-order valence-corrected chi connectivity index (χ1v) is 6.28. The summed E-state index contributed by atoms with van der Waals surface area (Å²) in [6.45, 7) is 6.48. The normalized spacial score (nSPS) is 15.6. The number of hydrogen-bond donors (Lipinski definition) is 2. The second-order valence-electron chi connectivity index (χ2n) is 4.98. The first kappa shape index (κ1) is 12.1. The van der Waals surface area contributed by atoms with Gasteiger partial charge in [0.1, 0.15) is 5.82 Å². The molecule has 0 aliphatic carbocycles. The Labute approximate surface area is 102 Å². The highest BCUT2D eigenvalue weighted by atomic mass is 15.3. The SMILES string of the molecule is CC(C)Cc1cc(NN)nc(N2CCCC2)n1. The molecule has 0 unspecified atom stereocenters. The van der Waals surface area contributed by atoms with Crippen molar-refractivity contribution in [3.05, 3.63) is 11.8 Å². The number of nitrogens with one attached hydrogen (secondary N) is 1. The maximum atomic E-state index is 5.46. The predicted molar refractivity (Wildman–Crippen MR) is 69.8 cm³/mol. The zero-order valence-electron chi connectivity index (χ0n) is 10.6. The van der Waals surface area contributed by atoms with Crippen LogP contribution in [-0.2, 0) is 6.42 Å². The molecule has 0 aromatic carbocycles. The minimum absolute atomic E-state index is 0.585. The molecule has 0 amide bonds. The summed E-state index contributed by atoms with van der Waals surface area (Å²) in [6.07, 6.45) is 3.41. The van der Waals surface area contributed by atoms with E-state index in [-0.39, 0.29) is 0 Å². The number of aromatic nitrogens is 2. The first-order valence-electron chi connectivity index (χ1n) is 6.28. The average Bonchev–Trinajstić information content (AvgIpc) is 2.81. The molecule has 0 radical (unpaired) electrons. The summed E-state index contributed by atoms with van der Waals surface area (Å²) < 4.78 is 0. The van der Waals surface area contributed by atoms with Gasteiger partial charge >= 0.3 is 0 Å². The summed E-state index contributed by atoms with van der Waals surface area (Å²) in [5.41, 5.74) is 3.69. The molecular weight excluding hydrogens is 214 g/mol. The molecule has 1 fully saturated rings. The second kappa shape index (κ2) is 5.31. The Morgan fingerprint density at radius 2 is 2.06 bits per heavy atom.